The molecule has 122 valence electrons. The minimum Gasteiger partial charge on any atom is -0.487 e. The summed E-state index contributed by atoms with van der Waals surface area (Å²) in [7, 11) is 0. The van der Waals surface area contributed by atoms with E-state index in [0.29, 0.717) is 30.5 Å². The van der Waals surface area contributed by atoms with Crippen LogP contribution in [-0.2, 0) is 11.3 Å². The van der Waals surface area contributed by atoms with Crippen LogP contribution in [0.25, 0.3) is 0 Å². The van der Waals surface area contributed by atoms with Gasteiger partial charge >= 0.3 is 6.03 Å². The first kappa shape index (κ1) is 15.8. The van der Waals surface area contributed by atoms with Gasteiger partial charge in [-0.25, -0.2) is 9.78 Å². The summed E-state index contributed by atoms with van der Waals surface area (Å²) in [6.07, 6.45) is 1.00. The summed E-state index contributed by atoms with van der Waals surface area (Å²) in [6, 6.07) is 7.11. The molecule has 0 spiro atoms. The van der Waals surface area contributed by atoms with Crippen molar-refractivity contribution in [2.75, 3.05) is 25.1 Å². The fraction of sp³-hybridized carbons (Fsp3) is 0.375. The van der Waals surface area contributed by atoms with Crippen LogP contribution in [0, 0.1) is 5.92 Å². The van der Waals surface area contributed by atoms with Crippen molar-refractivity contribution < 1.29 is 14.3 Å². The molecule has 1 atom stereocenters. The molecule has 0 unspecified atom stereocenters. The van der Waals surface area contributed by atoms with E-state index in [0.717, 1.165) is 25.3 Å². The number of aromatic nitrogens is 1. The quantitative estimate of drug-likeness (QED) is 0.852. The average molecular weight is 333 g/mol. The molecule has 0 saturated carbocycles. The number of amides is 2. The third-order valence-electron chi connectivity index (χ3n) is 3.54. The Labute approximate surface area is 138 Å². The smallest absolute Gasteiger partial charge is 0.319 e. The topological polar surface area (TPSA) is 72.5 Å². The predicted molar refractivity (Wildman–Crippen MR) is 88.8 cm³/mol. The molecule has 0 radical (unpaired) electrons. The Morgan fingerprint density at radius 1 is 1.48 bits per heavy atom. The Balaban J connectivity index is 1.47. The number of benzene rings is 1. The number of rotatable bonds is 6. The van der Waals surface area contributed by atoms with Crippen molar-refractivity contribution in [3.8, 4) is 5.75 Å². The third-order valence-corrected chi connectivity index (χ3v) is 4.17. The minimum atomic E-state index is -0.214. The monoisotopic (exact) mass is 333 g/mol. The first-order chi connectivity index (χ1) is 11.3. The molecule has 1 aliphatic heterocycles. The minimum absolute atomic E-state index is 0.214. The molecule has 1 aromatic carbocycles. The summed E-state index contributed by atoms with van der Waals surface area (Å²) < 4.78 is 11.0. The van der Waals surface area contributed by atoms with Gasteiger partial charge in [0.15, 0.2) is 0 Å². The normalized spacial score (nSPS) is 17.0. The van der Waals surface area contributed by atoms with Gasteiger partial charge in [-0.05, 0) is 18.6 Å². The number of nitrogens with zero attached hydrogens (tertiary/aromatic N) is 1. The molecule has 2 heterocycles. The Kier molecular flexibility index (Phi) is 5.44. The van der Waals surface area contributed by atoms with E-state index >= 15 is 0 Å². The summed E-state index contributed by atoms with van der Waals surface area (Å²) in [5, 5.41) is 7.63. The largest absolute Gasteiger partial charge is 0.487 e. The highest BCUT2D eigenvalue weighted by molar-refractivity contribution is 7.07. The lowest BCUT2D eigenvalue weighted by Crippen LogP contribution is -2.33. The lowest BCUT2D eigenvalue weighted by atomic mass is 10.1. The van der Waals surface area contributed by atoms with Crippen molar-refractivity contribution in [3.05, 3.63) is 40.8 Å². The molecular weight excluding hydrogens is 314 g/mol. The van der Waals surface area contributed by atoms with Gasteiger partial charge in [0.25, 0.3) is 0 Å². The molecule has 2 amide bonds. The Bertz CT molecular complexity index is 627. The summed E-state index contributed by atoms with van der Waals surface area (Å²) >= 11 is 1.54. The zero-order valence-corrected chi connectivity index (χ0v) is 13.5. The Morgan fingerprint density at radius 2 is 2.43 bits per heavy atom. The molecule has 7 heteroatoms. The van der Waals surface area contributed by atoms with Gasteiger partial charge in [0.2, 0.25) is 0 Å². The number of carbonyl (C=O) groups is 1. The van der Waals surface area contributed by atoms with Crippen LogP contribution in [-0.4, -0.2) is 30.8 Å². The van der Waals surface area contributed by atoms with E-state index in [1.807, 2.05) is 23.6 Å². The third kappa shape index (κ3) is 4.94. The van der Waals surface area contributed by atoms with E-state index in [9.17, 15) is 4.79 Å². The molecule has 0 aliphatic carbocycles. The highest BCUT2D eigenvalue weighted by Gasteiger charge is 2.16. The SMILES string of the molecule is O=C(NC[C@@H]1CCOC1)Nc1cccc(OCc2cscn2)c1. The van der Waals surface area contributed by atoms with Crippen molar-refractivity contribution in [2.45, 2.75) is 13.0 Å². The summed E-state index contributed by atoms with van der Waals surface area (Å²) in [5.41, 5.74) is 3.36. The lowest BCUT2D eigenvalue weighted by molar-refractivity contribution is 0.185. The molecule has 0 bridgehead atoms. The number of thiazole rings is 1. The van der Waals surface area contributed by atoms with Gasteiger partial charge in [-0.3, -0.25) is 0 Å². The highest BCUT2D eigenvalue weighted by atomic mass is 32.1. The van der Waals surface area contributed by atoms with Crippen molar-refractivity contribution in [3.63, 3.8) is 0 Å². The number of urea groups is 1. The van der Waals surface area contributed by atoms with E-state index in [4.69, 9.17) is 9.47 Å². The Morgan fingerprint density at radius 3 is 3.22 bits per heavy atom. The number of anilines is 1. The molecule has 1 aliphatic rings. The molecular formula is C16H19N3O3S. The Hall–Kier alpha value is -2.12. The van der Waals surface area contributed by atoms with Gasteiger partial charge in [0.05, 0.1) is 17.8 Å². The van der Waals surface area contributed by atoms with Crippen LogP contribution in [0.2, 0.25) is 0 Å². The molecule has 3 rings (SSSR count). The van der Waals surface area contributed by atoms with E-state index in [2.05, 4.69) is 15.6 Å². The van der Waals surface area contributed by atoms with Gasteiger partial charge in [-0.1, -0.05) is 6.07 Å². The maximum atomic E-state index is 11.9. The zero-order chi connectivity index (χ0) is 15.9. The molecule has 23 heavy (non-hydrogen) atoms. The van der Waals surface area contributed by atoms with E-state index in [1.165, 1.54) is 11.3 Å². The number of carbonyl (C=O) groups excluding carboxylic acids is 1. The van der Waals surface area contributed by atoms with Crippen molar-refractivity contribution >= 4 is 23.1 Å². The summed E-state index contributed by atoms with van der Waals surface area (Å²) in [4.78, 5) is 16.1. The van der Waals surface area contributed by atoms with Crippen molar-refractivity contribution in [1.82, 2.24) is 10.3 Å². The van der Waals surface area contributed by atoms with Crippen LogP contribution in [0.5, 0.6) is 5.75 Å². The molecule has 2 aromatic rings. The van der Waals surface area contributed by atoms with Crippen molar-refractivity contribution in [2.24, 2.45) is 5.92 Å². The van der Waals surface area contributed by atoms with Crippen LogP contribution >= 0.6 is 11.3 Å². The summed E-state index contributed by atoms with van der Waals surface area (Å²) in [6.45, 7) is 2.55. The maximum absolute atomic E-state index is 11.9. The van der Waals surface area contributed by atoms with Crippen LogP contribution in [0.1, 0.15) is 12.1 Å². The van der Waals surface area contributed by atoms with Crippen LogP contribution < -0.4 is 15.4 Å². The van der Waals surface area contributed by atoms with Gasteiger partial charge in [-0.15, -0.1) is 11.3 Å². The molecule has 1 fully saturated rings. The van der Waals surface area contributed by atoms with Crippen molar-refractivity contribution in [1.29, 1.82) is 0 Å². The number of nitrogens with one attached hydrogen (secondary N) is 2. The number of ether oxygens (including phenoxy) is 2. The lowest BCUT2D eigenvalue weighted by Gasteiger charge is -2.11. The summed E-state index contributed by atoms with van der Waals surface area (Å²) in [5.74, 6) is 1.11. The average Bonchev–Trinajstić information content (AvgIpc) is 3.25. The zero-order valence-electron chi connectivity index (χ0n) is 12.7. The molecule has 6 nitrogen and oxygen atoms in total. The molecule has 2 N–H and O–H groups in total. The van der Waals surface area contributed by atoms with E-state index < -0.39 is 0 Å². The van der Waals surface area contributed by atoms with Crippen LogP contribution in [0.4, 0.5) is 10.5 Å². The number of hydrogen-bond donors (Lipinski definition) is 2. The maximum Gasteiger partial charge on any atom is 0.319 e. The molecule has 1 saturated heterocycles. The number of hydrogen-bond acceptors (Lipinski definition) is 5. The second kappa shape index (κ2) is 7.94. The van der Waals surface area contributed by atoms with Gasteiger partial charge in [0.1, 0.15) is 12.4 Å². The first-order valence-corrected chi connectivity index (χ1v) is 8.46. The molecule has 1 aromatic heterocycles. The van der Waals surface area contributed by atoms with E-state index in [1.54, 1.807) is 11.6 Å². The van der Waals surface area contributed by atoms with Gasteiger partial charge in [-0.2, -0.15) is 0 Å². The van der Waals surface area contributed by atoms with E-state index in [-0.39, 0.29) is 6.03 Å². The van der Waals surface area contributed by atoms with Crippen LogP contribution in [0.15, 0.2) is 35.2 Å². The second-order valence-corrected chi connectivity index (χ2v) is 6.08. The fourth-order valence-corrected chi connectivity index (χ4v) is 2.83. The second-order valence-electron chi connectivity index (χ2n) is 5.36. The predicted octanol–water partition coefficient (Wildman–Crippen LogP) is 2.88. The van der Waals surface area contributed by atoms with Gasteiger partial charge in [0, 0.05) is 36.2 Å². The first-order valence-electron chi connectivity index (χ1n) is 7.52. The fourth-order valence-electron chi connectivity index (χ4n) is 2.29. The highest BCUT2D eigenvalue weighted by Crippen LogP contribution is 2.18. The standard InChI is InChI=1S/C16H19N3O3S/c20-16(17-7-12-4-5-21-8-12)19-13-2-1-3-15(6-13)22-9-14-10-23-11-18-14/h1-3,6,10-12H,4-5,7-9H2,(H2,17,19,20)/t12-/m0/s1. The van der Waals surface area contributed by atoms with Gasteiger partial charge < -0.3 is 20.1 Å². The van der Waals surface area contributed by atoms with Crippen LogP contribution in [0.3, 0.4) is 0 Å².